The first kappa shape index (κ1) is 20.9. The number of Topliss-reactive ketones (excluding diaryl/α,β-unsaturated/α-hetero) is 1. The monoisotopic (exact) mass is 386 g/mol. The summed E-state index contributed by atoms with van der Waals surface area (Å²) in [6.45, 7) is 4.30. The molecule has 8 heteroatoms. The quantitative estimate of drug-likeness (QED) is 0.529. The van der Waals surface area contributed by atoms with E-state index in [9.17, 15) is 19.2 Å². The molecule has 0 aliphatic heterocycles. The molecule has 0 saturated heterocycles. The van der Waals surface area contributed by atoms with Crippen molar-refractivity contribution in [3.8, 4) is 0 Å². The Balaban J connectivity index is 1.90. The van der Waals surface area contributed by atoms with Gasteiger partial charge in [0.05, 0.1) is 6.61 Å². The maximum absolute atomic E-state index is 12.4. The standard InChI is InChI=1S/C20H22N2O6/c1-4-27-20(26)18-12(2)17(13(3)22-18)15(23)11-28-16(24)10-21-19(25)14-8-6-5-7-9-14/h5-9,22H,4,10-11H2,1-3H3,(H,21,25). The fourth-order valence-electron chi connectivity index (χ4n) is 2.69. The molecule has 0 aliphatic carbocycles. The molecule has 1 aromatic heterocycles. The number of H-pyrrole nitrogens is 1. The number of aromatic amines is 1. The average molecular weight is 386 g/mol. The molecule has 2 rings (SSSR count). The maximum Gasteiger partial charge on any atom is 0.355 e. The number of benzene rings is 1. The fraction of sp³-hybridized carbons (Fsp3) is 0.300. The first-order valence-corrected chi connectivity index (χ1v) is 8.73. The van der Waals surface area contributed by atoms with E-state index in [1.165, 1.54) is 0 Å². The van der Waals surface area contributed by atoms with E-state index in [-0.39, 0.29) is 24.4 Å². The van der Waals surface area contributed by atoms with Gasteiger partial charge in [-0.05, 0) is 38.5 Å². The van der Waals surface area contributed by atoms with Gasteiger partial charge in [-0.1, -0.05) is 18.2 Å². The van der Waals surface area contributed by atoms with Crippen LogP contribution in [-0.2, 0) is 14.3 Å². The highest BCUT2D eigenvalue weighted by Gasteiger charge is 2.23. The lowest BCUT2D eigenvalue weighted by Crippen LogP contribution is -2.31. The lowest BCUT2D eigenvalue weighted by molar-refractivity contribution is -0.141. The molecule has 0 bridgehead atoms. The highest BCUT2D eigenvalue weighted by Crippen LogP contribution is 2.19. The van der Waals surface area contributed by atoms with Gasteiger partial charge in [0.25, 0.3) is 5.91 Å². The Labute approximate surface area is 162 Å². The maximum atomic E-state index is 12.4. The second-order valence-electron chi connectivity index (χ2n) is 5.98. The zero-order valence-electron chi connectivity index (χ0n) is 16.0. The summed E-state index contributed by atoms with van der Waals surface area (Å²) in [7, 11) is 0. The van der Waals surface area contributed by atoms with Gasteiger partial charge in [0, 0.05) is 16.8 Å². The van der Waals surface area contributed by atoms with Crippen LogP contribution in [0.4, 0.5) is 0 Å². The second-order valence-corrected chi connectivity index (χ2v) is 5.98. The van der Waals surface area contributed by atoms with Gasteiger partial charge in [0.2, 0.25) is 5.78 Å². The number of rotatable bonds is 8. The number of carbonyl (C=O) groups is 4. The number of nitrogens with one attached hydrogen (secondary N) is 2. The smallest absolute Gasteiger partial charge is 0.355 e. The molecular weight excluding hydrogens is 364 g/mol. The van der Waals surface area contributed by atoms with Crippen molar-refractivity contribution >= 4 is 23.6 Å². The third kappa shape index (κ3) is 5.06. The number of hydrogen-bond donors (Lipinski definition) is 2. The molecule has 0 aliphatic rings. The Morgan fingerprint density at radius 2 is 1.71 bits per heavy atom. The van der Waals surface area contributed by atoms with Crippen LogP contribution in [0.2, 0.25) is 0 Å². The zero-order valence-corrected chi connectivity index (χ0v) is 16.0. The molecule has 148 valence electrons. The van der Waals surface area contributed by atoms with E-state index in [4.69, 9.17) is 9.47 Å². The minimum absolute atomic E-state index is 0.198. The van der Waals surface area contributed by atoms with Gasteiger partial charge in [-0.25, -0.2) is 4.79 Å². The summed E-state index contributed by atoms with van der Waals surface area (Å²) >= 11 is 0. The number of esters is 2. The van der Waals surface area contributed by atoms with Crippen molar-refractivity contribution in [3.63, 3.8) is 0 Å². The third-order valence-corrected chi connectivity index (χ3v) is 3.99. The molecule has 8 nitrogen and oxygen atoms in total. The van der Waals surface area contributed by atoms with Gasteiger partial charge in [0.15, 0.2) is 6.61 Å². The summed E-state index contributed by atoms with van der Waals surface area (Å²) in [4.78, 5) is 50.8. The number of aromatic nitrogens is 1. The van der Waals surface area contributed by atoms with E-state index in [1.807, 2.05) is 0 Å². The number of hydrogen-bond acceptors (Lipinski definition) is 6. The van der Waals surface area contributed by atoms with Gasteiger partial charge in [-0.2, -0.15) is 0 Å². The summed E-state index contributed by atoms with van der Waals surface area (Å²) in [6, 6.07) is 8.41. The van der Waals surface area contributed by atoms with Gasteiger partial charge in [-0.3, -0.25) is 14.4 Å². The van der Waals surface area contributed by atoms with Gasteiger partial charge >= 0.3 is 11.9 Å². The summed E-state index contributed by atoms with van der Waals surface area (Å²) in [5.74, 6) is -2.17. The Kier molecular flexibility index (Phi) is 7.08. The van der Waals surface area contributed by atoms with Crippen LogP contribution in [0.5, 0.6) is 0 Å². The first-order valence-electron chi connectivity index (χ1n) is 8.73. The van der Waals surface area contributed by atoms with Crippen LogP contribution in [0.15, 0.2) is 30.3 Å². The molecule has 2 aromatic rings. The molecule has 28 heavy (non-hydrogen) atoms. The van der Waals surface area contributed by atoms with Gasteiger partial charge in [-0.15, -0.1) is 0 Å². The van der Waals surface area contributed by atoms with Crippen molar-refractivity contribution in [3.05, 3.63) is 58.4 Å². The molecule has 0 unspecified atom stereocenters. The molecule has 0 saturated carbocycles. The van der Waals surface area contributed by atoms with E-state index in [0.29, 0.717) is 16.8 Å². The molecular formula is C20H22N2O6. The highest BCUT2D eigenvalue weighted by molar-refractivity contribution is 6.03. The summed E-state index contributed by atoms with van der Waals surface area (Å²) in [5, 5.41) is 2.43. The largest absolute Gasteiger partial charge is 0.461 e. The first-order chi connectivity index (χ1) is 13.3. The second kappa shape index (κ2) is 9.50. The van der Waals surface area contributed by atoms with E-state index in [2.05, 4.69) is 10.3 Å². The molecule has 2 N–H and O–H groups in total. The molecule has 1 amide bonds. The highest BCUT2D eigenvalue weighted by atomic mass is 16.5. The number of carbonyl (C=O) groups excluding carboxylic acids is 4. The minimum atomic E-state index is -0.742. The summed E-state index contributed by atoms with van der Waals surface area (Å²) in [5.41, 5.74) is 1.82. The normalized spacial score (nSPS) is 10.2. The van der Waals surface area contributed by atoms with Crippen LogP contribution in [-0.4, -0.2) is 48.4 Å². The SMILES string of the molecule is CCOC(=O)c1[nH]c(C)c(C(=O)COC(=O)CNC(=O)c2ccccc2)c1C. The predicted molar refractivity (Wildman–Crippen MR) is 100 cm³/mol. The van der Waals surface area contributed by atoms with E-state index < -0.39 is 30.2 Å². The predicted octanol–water partition coefficient (Wildman–Crippen LogP) is 1.96. The molecule has 1 heterocycles. The van der Waals surface area contributed by atoms with Crippen LogP contribution in [0.1, 0.15) is 49.4 Å². The number of ketones is 1. The van der Waals surface area contributed by atoms with Crippen LogP contribution in [0.25, 0.3) is 0 Å². The Morgan fingerprint density at radius 3 is 2.36 bits per heavy atom. The lowest BCUT2D eigenvalue weighted by Gasteiger charge is -2.07. The lowest BCUT2D eigenvalue weighted by atomic mass is 10.1. The minimum Gasteiger partial charge on any atom is -0.461 e. The van der Waals surface area contributed by atoms with Crippen LogP contribution < -0.4 is 5.32 Å². The molecule has 0 fully saturated rings. The van der Waals surface area contributed by atoms with Crippen molar-refractivity contribution in [2.24, 2.45) is 0 Å². The van der Waals surface area contributed by atoms with Gasteiger partial charge < -0.3 is 19.8 Å². The van der Waals surface area contributed by atoms with Crippen LogP contribution in [0, 0.1) is 13.8 Å². The zero-order chi connectivity index (χ0) is 20.7. The molecule has 0 spiro atoms. The Hall–Kier alpha value is -3.42. The van der Waals surface area contributed by atoms with Crippen LogP contribution >= 0.6 is 0 Å². The van der Waals surface area contributed by atoms with Crippen molar-refractivity contribution in [2.45, 2.75) is 20.8 Å². The summed E-state index contributed by atoms with van der Waals surface area (Å²) < 4.78 is 9.88. The number of amides is 1. The molecule has 0 atom stereocenters. The third-order valence-electron chi connectivity index (χ3n) is 3.99. The van der Waals surface area contributed by atoms with Crippen LogP contribution in [0.3, 0.4) is 0 Å². The number of aryl methyl sites for hydroxylation is 1. The Bertz CT molecular complexity index is 886. The van der Waals surface area contributed by atoms with Crippen molar-refractivity contribution in [1.29, 1.82) is 0 Å². The summed E-state index contributed by atoms with van der Waals surface area (Å²) in [6.07, 6.45) is 0. The van der Waals surface area contributed by atoms with E-state index in [1.54, 1.807) is 51.1 Å². The fourth-order valence-corrected chi connectivity index (χ4v) is 2.69. The van der Waals surface area contributed by atoms with Crippen molar-refractivity contribution in [2.75, 3.05) is 19.8 Å². The van der Waals surface area contributed by atoms with E-state index >= 15 is 0 Å². The average Bonchev–Trinajstić information content (AvgIpc) is 2.99. The van der Waals surface area contributed by atoms with Crippen molar-refractivity contribution < 1.29 is 28.7 Å². The molecule has 0 radical (unpaired) electrons. The Morgan fingerprint density at radius 1 is 1.04 bits per heavy atom. The topological polar surface area (TPSA) is 115 Å². The molecule has 1 aromatic carbocycles. The van der Waals surface area contributed by atoms with Gasteiger partial charge in [0.1, 0.15) is 12.2 Å². The van der Waals surface area contributed by atoms with Crippen molar-refractivity contribution in [1.82, 2.24) is 10.3 Å². The van der Waals surface area contributed by atoms with E-state index in [0.717, 1.165) is 0 Å². The number of ether oxygens (including phenoxy) is 2.